The van der Waals surface area contributed by atoms with Gasteiger partial charge in [-0.2, -0.15) is 18.2 Å². The molecule has 0 unspecified atom stereocenters. The first-order valence-electron chi connectivity index (χ1n) is 6.34. The van der Waals surface area contributed by atoms with Crippen molar-refractivity contribution in [1.29, 1.82) is 0 Å². The number of nitrogens with zero attached hydrogens (tertiary/aromatic N) is 2. The fourth-order valence-electron chi connectivity index (χ4n) is 1.36. The summed E-state index contributed by atoms with van der Waals surface area (Å²) in [5.41, 5.74) is 6.84. The Morgan fingerprint density at radius 3 is 2.23 bits per heavy atom. The molecule has 0 saturated carbocycles. The van der Waals surface area contributed by atoms with Gasteiger partial charge in [0, 0.05) is 11.3 Å². The molecule has 0 saturated heterocycles. The monoisotopic (exact) mass is 335 g/mol. The predicted octanol–water partition coefficient (Wildman–Crippen LogP) is 4.00. The Morgan fingerprint density at radius 2 is 1.91 bits per heavy atom. The lowest BCUT2D eigenvalue weighted by atomic mass is 10.1. The summed E-state index contributed by atoms with van der Waals surface area (Å²) in [7, 11) is 0. The molecule has 2 N–H and O–H groups in total. The van der Waals surface area contributed by atoms with Crippen molar-refractivity contribution in [1.82, 2.24) is 10.1 Å². The standard InChI is InChI=1S/C9H8F3N3OS.C4H8O/c1-3-4(2)17-6(13)5(3)7-14-8(15-16-7)9(10,11)12;1-3-4(2)5/h13H2,1-2H3;3H2,1-2H3. The predicted molar refractivity (Wildman–Crippen MR) is 77.5 cm³/mol. The smallest absolute Gasteiger partial charge is 0.390 e. The van der Waals surface area contributed by atoms with Crippen molar-refractivity contribution in [2.24, 2.45) is 0 Å². The number of carbonyl (C=O) groups excluding carboxylic acids is 1. The molecule has 122 valence electrons. The van der Waals surface area contributed by atoms with Crippen LogP contribution in [0.5, 0.6) is 0 Å². The molecule has 0 aliphatic heterocycles. The number of aryl methyl sites for hydroxylation is 1. The number of halogens is 3. The van der Waals surface area contributed by atoms with Crippen molar-refractivity contribution in [3.63, 3.8) is 0 Å². The maximum Gasteiger partial charge on any atom is 0.455 e. The minimum absolute atomic E-state index is 0.198. The lowest BCUT2D eigenvalue weighted by Crippen LogP contribution is -2.07. The molecule has 0 aliphatic carbocycles. The highest BCUT2D eigenvalue weighted by Gasteiger charge is 2.37. The Morgan fingerprint density at radius 1 is 1.36 bits per heavy atom. The van der Waals surface area contributed by atoms with Gasteiger partial charge in [0.25, 0.3) is 11.7 Å². The zero-order chi connectivity index (χ0) is 17.1. The SMILES string of the molecule is CCC(C)=O.Cc1sc(N)c(-c2nc(C(F)(F)F)no2)c1C. The number of rotatable bonds is 2. The molecule has 2 rings (SSSR count). The van der Waals surface area contributed by atoms with Crippen LogP contribution in [0, 0.1) is 13.8 Å². The molecule has 22 heavy (non-hydrogen) atoms. The summed E-state index contributed by atoms with van der Waals surface area (Å²) < 4.78 is 41.5. The maximum atomic E-state index is 12.3. The summed E-state index contributed by atoms with van der Waals surface area (Å²) in [6.45, 7) is 7.00. The van der Waals surface area contributed by atoms with Gasteiger partial charge in [-0.1, -0.05) is 12.1 Å². The number of alkyl halides is 3. The lowest BCUT2D eigenvalue weighted by Gasteiger charge is -1.97. The van der Waals surface area contributed by atoms with Gasteiger partial charge >= 0.3 is 6.18 Å². The second-order valence-electron chi connectivity index (χ2n) is 4.50. The summed E-state index contributed by atoms with van der Waals surface area (Å²) in [6, 6.07) is 0. The van der Waals surface area contributed by atoms with Crippen LogP contribution in [0.15, 0.2) is 4.52 Å². The first kappa shape index (κ1) is 18.1. The number of Topliss-reactive ketones (excluding diaryl/α,β-unsaturated/α-hetero) is 1. The van der Waals surface area contributed by atoms with Crippen molar-refractivity contribution in [3.05, 3.63) is 16.3 Å². The van der Waals surface area contributed by atoms with E-state index >= 15 is 0 Å². The minimum atomic E-state index is -4.62. The van der Waals surface area contributed by atoms with E-state index in [1.807, 2.05) is 13.8 Å². The van der Waals surface area contributed by atoms with Gasteiger partial charge in [-0.3, -0.25) is 0 Å². The molecule has 0 radical (unpaired) electrons. The Bertz CT molecular complexity index is 662. The van der Waals surface area contributed by atoms with Crippen molar-refractivity contribution in [3.8, 4) is 11.5 Å². The molecule has 2 heterocycles. The van der Waals surface area contributed by atoms with E-state index in [0.717, 1.165) is 10.4 Å². The number of hydrogen-bond donors (Lipinski definition) is 1. The molecule has 0 atom stereocenters. The van der Waals surface area contributed by atoms with E-state index in [4.69, 9.17) is 5.73 Å². The van der Waals surface area contributed by atoms with Crippen LogP contribution in [-0.2, 0) is 11.0 Å². The van der Waals surface area contributed by atoms with Gasteiger partial charge < -0.3 is 15.1 Å². The van der Waals surface area contributed by atoms with Gasteiger partial charge in [-0.25, -0.2) is 0 Å². The summed E-state index contributed by atoms with van der Waals surface area (Å²) in [5.74, 6) is -1.24. The number of nitrogen functional groups attached to an aromatic ring is 1. The molecule has 2 aromatic rings. The van der Waals surface area contributed by atoms with Gasteiger partial charge in [-0.15, -0.1) is 11.3 Å². The third-order valence-electron chi connectivity index (χ3n) is 2.80. The number of ketones is 1. The van der Waals surface area contributed by atoms with Crippen LogP contribution in [0.4, 0.5) is 18.2 Å². The number of aromatic nitrogens is 2. The Kier molecular flexibility index (Phi) is 5.70. The minimum Gasteiger partial charge on any atom is -0.390 e. The Labute approximate surface area is 129 Å². The second-order valence-corrected chi connectivity index (χ2v) is 5.76. The number of carbonyl (C=O) groups is 1. The first-order chi connectivity index (χ1) is 10.1. The maximum absolute atomic E-state index is 12.3. The van der Waals surface area contributed by atoms with Crippen LogP contribution in [-0.4, -0.2) is 15.9 Å². The summed E-state index contributed by atoms with van der Waals surface area (Å²) in [4.78, 5) is 14.0. The molecule has 0 aliphatic rings. The fourth-order valence-corrected chi connectivity index (χ4v) is 2.29. The molecule has 0 amide bonds. The van der Waals surface area contributed by atoms with Crippen LogP contribution < -0.4 is 5.73 Å². The molecular weight excluding hydrogens is 319 g/mol. The van der Waals surface area contributed by atoms with E-state index in [1.54, 1.807) is 13.8 Å². The van der Waals surface area contributed by atoms with Gasteiger partial charge in [0.2, 0.25) is 0 Å². The van der Waals surface area contributed by atoms with E-state index in [9.17, 15) is 18.0 Å². The van der Waals surface area contributed by atoms with Crippen LogP contribution in [0.1, 0.15) is 36.5 Å². The highest BCUT2D eigenvalue weighted by atomic mass is 32.1. The van der Waals surface area contributed by atoms with Gasteiger partial charge in [0.05, 0.1) is 10.6 Å². The average molecular weight is 335 g/mol. The van der Waals surface area contributed by atoms with Crippen LogP contribution >= 0.6 is 11.3 Å². The van der Waals surface area contributed by atoms with E-state index in [0.29, 0.717) is 17.0 Å². The normalized spacial score (nSPS) is 11.0. The van der Waals surface area contributed by atoms with Gasteiger partial charge in [0.1, 0.15) is 5.78 Å². The molecule has 2 aromatic heterocycles. The third kappa shape index (κ3) is 4.30. The van der Waals surface area contributed by atoms with E-state index in [-0.39, 0.29) is 11.7 Å². The van der Waals surface area contributed by atoms with Crippen molar-refractivity contribution in [2.45, 2.75) is 40.3 Å². The Hall–Kier alpha value is -1.90. The van der Waals surface area contributed by atoms with E-state index in [2.05, 4.69) is 14.7 Å². The molecule has 5 nitrogen and oxygen atoms in total. The van der Waals surface area contributed by atoms with Gasteiger partial charge in [0.15, 0.2) is 0 Å². The quantitative estimate of drug-likeness (QED) is 0.897. The summed E-state index contributed by atoms with van der Waals surface area (Å²) in [6.07, 6.45) is -3.95. The largest absolute Gasteiger partial charge is 0.455 e. The molecule has 0 bridgehead atoms. The second kappa shape index (κ2) is 6.91. The highest BCUT2D eigenvalue weighted by Crippen LogP contribution is 2.38. The molecule has 0 aromatic carbocycles. The fraction of sp³-hybridized carbons (Fsp3) is 0.462. The molecular formula is C13H16F3N3O2S. The number of hydrogen-bond acceptors (Lipinski definition) is 6. The highest BCUT2D eigenvalue weighted by molar-refractivity contribution is 7.16. The van der Waals surface area contributed by atoms with E-state index < -0.39 is 12.0 Å². The van der Waals surface area contributed by atoms with Crippen LogP contribution in [0.25, 0.3) is 11.5 Å². The Balaban J connectivity index is 0.000000422. The average Bonchev–Trinajstić information content (AvgIpc) is 2.96. The molecule has 9 heteroatoms. The van der Waals surface area contributed by atoms with E-state index in [1.165, 1.54) is 11.3 Å². The zero-order valence-corrected chi connectivity index (χ0v) is 13.4. The van der Waals surface area contributed by atoms with Crippen LogP contribution in [0.2, 0.25) is 0 Å². The lowest BCUT2D eigenvalue weighted by molar-refractivity contribution is -0.146. The first-order valence-corrected chi connectivity index (χ1v) is 7.15. The molecule has 0 fully saturated rings. The van der Waals surface area contributed by atoms with Crippen LogP contribution in [0.3, 0.4) is 0 Å². The van der Waals surface area contributed by atoms with Gasteiger partial charge in [-0.05, 0) is 26.3 Å². The third-order valence-corrected chi connectivity index (χ3v) is 3.84. The zero-order valence-electron chi connectivity index (χ0n) is 12.5. The van der Waals surface area contributed by atoms with Crippen molar-refractivity contribution in [2.75, 3.05) is 5.73 Å². The summed E-state index contributed by atoms with van der Waals surface area (Å²) in [5, 5.41) is 3.27. The number of nitrogens with two attached hydrogens (primary N) is 1. The topological polar surface area (TPSA) is 82.0 Å². The summed E-state index contributed by atoms with van der Waals surface area (Å²) >= 11 is 1.28. The molecule has 0 spiro atoms. The van der Waals surface area contributed by atoms with Crippen molar-refractivity contribution < 1.29 is 22.5 Å². The number of anilines is 1. The number of thiophene rings is 1. The van der Waals surface area contributed by atoms with Crippen molar-refractivity contribution >= 4 is 22.1 Å².